The molecule has 2 fully saturated rings. The molecular formula is C25H27FN4O3S. The maximum atomic E-state index is 14.4. The third kappa shape index (κ3) is 4.13. The van der Waals surface area contributed by atoms with Gasteiger partial charge in [0, 0.05) is 49.0 Å². The number of sulfonamides is 1. The van der Waals surface area contributed by atoms with Gasteiger partial charge in [-0.15, -0.1) is 0 Å². The summed E-state index contributed by atoms with van der Waals surface area (Å²) in [4.78, 5) is 10.0. The second-order valence-electron chi connectivity index (χ2n) is 8.83. The van der Waals surface area contributed by atoms with E-state index in [1.807, 2.05) is 24.3 Å². The van der Waals surface area contributed by atoms with Gasteiger partial charge < -0.3 is 5.11 Å². The molecule has 1 N–H and O–H groups in total. The van der Waals surface area contributed by atoms with Crippen LogP contribution in [0, 0.1) is 5.82 Å². The summed E-state index contributed by atoms with van der Waals surface area (Å²) < 4.78 is 42.5. The van der Waals surface area contributed by atoms with Gasteiger partial charge in [0.2, 0.25) is 10.0 Å². The number of benzene rings is 2. The molecule has 0 spiro atoms. The van der Waals surface area contributed by atoms with E-state index in [2.05, 4.69) is 14.9 Å². The van der Waals surface area contributed by atoms with Crippen molar-refractivity contribution in [3.05, 3.63) is 78.6 Å². The lowest BCUT2D eigenvalue weighted by Gasteiger charge is -2.57. The molecule has 0 aliphatic carbocycles. The summed E-state index contributed by atoms with van der Waals surface area (Å²) in [6.45, 7) is 1.41. The van der Waals surface area contributed by atoms with E-state index in [0.717, 1.165) is 29.7 Å². The van der Waals surface area contributed by atoms with E-state index in [9.17, 15) is 17.9 Å². The molecule has 2 saturated heterocycles. The monoisotopic (exact) mass is 482 g/mol. The van der Waals surface area contributed by atoms with E-state index in [0.29, 0.717) is 13.0 Å². The van der Waals surface area contributed by atoms with Crippen molar-refractivity contribution in [2.24, 2.45) is 0 Å². The first-order chi connectivity index (χ1) is 16.5. The van der Waals surface area contributed by atoms with Crippen LogP contribution in [0.25, 0.3) is 11.1 Å². The van der Waals surface area contributed by atoms with Crippen molar-refractivity contribution < 1.29 is 17.9 Å². The standard InChI is InChI=1S/C25H27FN4O3S/c26-21-5-1-2-6-24(21)34(32,33)29-11-3-4-12-30-22(15-29)25(23(30)16-31)19-9-7-18(8-10-19)20-13-27-17-28-14-20/h1-2,5-10,13-14,17,22-23,25,31H,3-4,11-12,15-16H2/t22-,23+,25+/m0/s1. The number of hydrogen-bond donors (Lipinski definition) is 1. The molecule has 5 rings (SSSR count). The predicted molar refractivity (Wildman–Crippen MR) is 126 cm³/mol. The van der Waals surface area contributed by atoms with Gasteiger partial charge in [-0.1, -0.05) is 36.4 Å². The third-order valence-electron chi connectivity index (χ3n) is 6.98. The van der Waals surface area contributed by atoms with Crippen LogP contribution in [-0.2, 0) is 10.0 Å². The van der Waals surface area contributed by atoms with Crippen molar-refractivity contribution in [2.75, 3.05) is 26.2 Å². The van der Waals surface area contributed by atoms with Gasteiger partial charge in [0.1, 0.15) is 17.0 Å². The fourth-order valence-corrected chi connectivity index (χ4v) is 6.83. The molecule has 3 aromatic rings. The van der Waals surface area contributed by atoms with Crippen molar-refractivity contribution >= 4 is 10.0 Å². The zero-order valence-electron chi connectivity index (χ0n) is 18.7. The average molecular weight is 483 g/mol. The van der Waals surface area contributed by atoms with Gasteiger partial charge >= 0.3 is 0 Å². The van der Waals surface area contributed by atoms with Crippen LogP contribution in [0.1, 0.15) is 24.3 Å². The number of aromatic nitrogens is 2. The number of nitrogens with zero attached hydrogens (tertiary/aromatic N) is 4. The Morgan fingerprint density at radius 1 is 0.971 bits per heavy atom. The molecular weight excluding hydrogens is 455 g/mol. The highest BCUT2D eigenvalue weighted by Gasteiger charge is 2.50. The van der Waals surface area contributed by atoms with Crippen LogP contribution in [0.15, 0.2) is 72.1 Å². The van der Waals surface area contributed by atoms with E-state index in [4.69, 9.17) is 0 Å². The van der Waals surface area contributed by atoms with Gasteiger partial charge in [-0.3, -0.25) is 4.90 Å². The maximum Gasteiger partial charge on any atom is 0.246 e. The Hall–Kier alpha value is -2.72. The summed E-state index contributed by atoms with van der Waals surface area (Å²) in [5.74, 6) is -0.761. The summed E-state index contributed by atoms with van der Waals surface area (Å²) in [5.41, 5.74) is 2.95. The minimum Gasteiger partial charge on any atom is -0.395 e. The van der Waals surface area contributed by atoms with Gasteiger partial charge in [0.15, 0.2) is 0 Å². The molecule has 34 heavy (non-hydrogen) atoms. The maximum absolute atomic E-state index is 14.4. The lowest BCUT2D eigenvalue weighted by Crippen LogP contribution is -2.67. The molecule has 2 aromatic carbocycles. The van der Waals surface area contributed by atoms with Crippen molar-refractivity contribution in [1.82, 2.24) is 19.2 Å². The van der Waals surface area contributed by atoms with Crippen molar-refractivity contribution in [2.45, 2.75) is 35.7 Å². The van der Waals surface area contributed by atoms with Crippen LogP contribution in [0.2, 0.25) is 0 Å². The number of rotatable bonds is 5. The summed E-state index contributed by atoms with van der Waals surface area (Å²) in [6, 6.07) is 13.4. The molecule has 9 heteroatoms. The molecule has 3 heterocycles. The molecule has 3 atom stereocenters. The lowest BCUT2D eigenvalue weighted by molar-refractivity contribution is -0.0554. The van der Waals surface area contributed by atoms with E-state index in [1.54, 1.807) is 18.5 Å². The molecule has 0 unspecified atom stereocenters. The number of aliphatic hydroxyl groups is 1. The topological polar surface area (TPSA) is 86.6 Å². The Balaban J connectivity index is 1.44. The number of fused-ring (bicyclic) bond motifs is 1. The van der Waals surface area contributed by atoms with Gasteiger partial charge in [0.05, 0.1) is 6.61 Å². The molecule has 1 aromatic heterocycles. The van der Waals surface area contributed by atoms with Gasteiger partial charge in [-0.25, -0.2) is 22.8 Å². The molecule has 2 aliphatic rings. The quantitative estimate of drug-likeness (QED) is 0.602. The summed E-state index contributed by atoms with van der Waals surface area (Å²) in [5, 5.41) is 10.2. The van der Waals surface area contributed by atoms with E-state index in [1.165, 1.54) is 28.8 Å². The Labute approximate surface area is 198 Å². The highest BCUT2D eigenvalue weighted by atomic mass is 32.2. The van der Waals surface area contributed by atoms with Crippen LogP contribution < -0.4 is 0 Å². The number of aliphatic hydroxyl groups excluding tert-OH is 1. The normalized spacial score (nSPS) is 24.0. The van der Waals surface area contributed by atoms with Crippen molar-refractivity contribution in [3.63, 3.8) is 0 Å². The fraction of sp³-hybridized carbons (Fsp3) is 0.360. The second-order valence-corrected chi connectivity index (χ2v) is 10.7. The molecule has 0 bridgehead atoms. The third-order valence-corrected chi connectivity index (χ3v) is 8.87. The first-order valence-electron chi connectivity index (χ1n) is 11.5. The summed E-state index contributed by atoms with van der Waals surface area (Å²) >= 11 is 0. The van der Waals surface area contributed by atoms with E-state index >= 15 is 0 Å². The smallest absolute Gasteiger partial charge is 0.246 e. The largest absolute Gasteiger partial charge is 0.395 e. The molecule has 178 valence electrons. The lowest BCUT2D eigenvalue weighted by atomic mass is 9.74. The number of hydrogen-bond acceptors (Lipinski definition) is 6. The molecule has 0 saturated carbocycles. The van der Waals surface area contributed by atoms with Gasteiger partial charge in [-0.2, -0.15) is 4.31 Å². The van der Waals surface area contributed by atoms with Crippen LogP contribution in [-0.4, -0.2) is 71.0 Å². The zero-order chi connectivity index (χ0) is 23.7. The zero-order valence-corrected chi connectivity index (χ0v) is 19.5. The van der Waals surface area contributed by atoms with Crippen molar-refractivity contribution in [3.8, 4) is 11.1 Å². The Bertz CT molecular complexity index is 1240. The Morgan fingerprint density at radius 3 is 2.38 bits per heavy atom. The fourth-order valence-electron chi connectivity index (χ4n) is 5.27. The minimum absolute atomic E-state index is 0.00446. The SMILES string of the molecule is O=S(=O)(c1ccccc1F)N1CCCCN2[C@H](CO)[C@H](c3ccc(-c4cncnc4)cc3)[C@@H]2C1. The Morgan fingerprint density at radius 2 is 1.68 bits per heavy atom. The van der Waals surface area contributed by atoms with Gasteiger partial charge in [0.25, 0.3) is 0 Å². The Kier molecular flexibility index (Phi) is 6.44. The molecule has 2 aliphatic heterocycles. The molecule has 0 radical (unpaired) electrons. The van der Waals surface area contributed by atoms with Crippen LogP contribution in [0.4, 0.5) is 4.39 Å². The summed E-state index contributed by atoms with van der Waals surface area (Å²) in [6.07, 6.45) is 6.50. The molecule has 0 amide bonds. The van der Waals surface area contributed by atoms with Crippen LogP contribution in [0.5, 0.6) is 0 Å². The highest BCUT2D eigenvalue weighted by Crippen LogP contribution is 2.43. The van der Waals surface area contributed by atoms with Crippen molar-refractivity contribution in [1.29, 1.82) is 0 Å². The molecule has 7 nitrogen and oxygen atoms in total. The van der Waals surface area contributed by atoms with Crippen LogP contribution >= 0.6 is 0 Å². The first kappa shape index (κ1) is 23.0. The first-order valence-corrected chi connectivity index (χ1v) is 12.9. The minimum atomic E-state index is -3.97. The average Bonchev–Trinajstić information content (AvgIpc) is 2.84. The second kappa shape index (κ2) is 9.50. The highest BCUT2D eigenvalue weighted by molar-refractivity contribution is 7.89. The van der Waals surface area contributed by atoms with Crippen LogP contribution in [0.3, 0.4) is 0 Å². The van der Waals surface area contributed by atoms with Gasteiger partial charge in [-0.05, 0) is 42.6 Å². The predicted octanol–water partition coefficient (Wildman–Crippen LogP) is 2.90. The van der Waals surface area contributed by atoms with E-state index < -0.39 is 15.8 Å². The van der Waals surface area contributed by atoms with E-state index in [-0.39, 0.29) is 36.0 Å². The number of halogens is 1. The summed E-state index contributed by atoms with van der Waals surface area (Å²) in [7, 11) is -3.97.